The Morgan fingerprint density at radius 2 is 2.20 bits per heavy atom. The molecule has 2 N–H and O–H groups in total. The molecule has 1 aromatic carbocycles. The van der Waals surface area contributed by atoms with Crippen LogP contribution in [0.1, 0.15) is 5.56 Å². The summed E-state index contributed by atoms with van der Waals surface area (Å²) in [6, 6.07) is 4.86. The maximum atomic E-state index is 12.0. The number of anilines is 1. The van der Waals surface area contributed by atoms with E-state index in [0.717, 1.165) is 24.2 Å². The Balaban J connectivity index is 1.90. The average molecular weight is 306 g/mol. The van der Waals surface area contributed by atoms with Crippen molar-refractivity contribution in [2.75, 3.05) is 31.6 Å². The highest BCUT2D eigenvalue weighted by Crippen LogP contribution is 2.24. The smallest absolute Gasteiger partial charge is 0.261 e. The lowest BCUT2D eigenvalue weighted by Crippen LogP contribution is -2.28. The summed E-state index contributed by atoms with van der Waals surface area (Å²) in [4.78, 5) is 0.175. The molecule has 0 aromatic heterocycles. The molecule has 5 nitrogen and oxygen atoms in total. The third-order valence-electron chi connectivity index (χ3n) is 2.88. The van der Waals surface area contributed by atoms with E-state index >= 15 is 0 Å². The van der Waals surface area contributed by atoms with Gasteiger partial charge in [-0.1, -0.05) is 0 Å². The summed E-state index contributed by atoms with van der Waals surface area (Å²) < 4.78 is 54.6. The van der Waals surface area contributed by atoms with E-state index in [0.29, 0.717) is 0 Å². The molecular weight excluding hydrogens is 290 g/mol. The first-order valence-electron chi connectivity index (χ1n) is 6.21. The van der Waals surface area contributed by atoms with Crippen molar-refractivity contribution in [1.82, 2.24) is 4.72 Å². The van der Waals surface area contributed by atoms with E-state index < -0.39 is 23.1 Å². The standard InChI is InChI=1S/C12H16F2N2O3S/c13-12(14)8-19-6-5-16-20(17,18)10-1-2-11-9(7-10)3-4-15-11/h1-2,7,12,15-16H,3-6,8H2. The monoisotopic (exact) mass is 306 g/mol. The Labute approximate surface area is 116 Å². The van der Waals surface area contributed by atoms with Crippen LogP contribution in [-0.2, 0) is 21.2 Å². The second kappa shape index (κ2) is 6.47. The SMILES string of the molecule is O=S(=O)(NCCOCC(F)F)c1ccc2c(c1)CCN2. The molecule has 2 rings (SSSR count). The lowest BCUT2D eigenvalue weighted by Gasteiger charge is -2.08. The van der Waals surface area contributed by atoms with Gasteiger partial charge in [0.25, 0.3) is 6.43 Å². The predicted octanol–water partition coefficient (Wildman–Crippen LogP) is 1.21. The Morgan fingerprint density at radius 3 is 2.95 bits per heavy atom. The Kier molecular flexibility index (Phi) is 4.90. The molecule has 0 unspecified atom stereocenters. The lowest BCUT2D eigenvalue weighted by atomic mass is 10.2. The molecule has 112 valence electrons. The highest BCUT2D eigenvalue weighted by molar-refractivity contribution is 7.89. The molecular formula is C12H16F2N2O3S. The predicted molar refractivity (Wildman–Crippen MR) is 70.6 cm³/mol. The summed E-state index contributed by atoms with van der Waals surface area (Å²) in [5, 5.41) is 3.14. The summed E-state index contributed by atoms with van der Waals surface area (Å²) in [6.45, 7) is -0.0135. The van der Waals surface area contributed by atoms with Crippen LogP contribution in [0.2, 0.25) is 0 Å². The van der Waals surface area contributed by atoms with Gasteiger partial charge in [-0.3, -0.25) is 0 Å². The zero-order valence-corrected chi connectivity index (χ0v) is 11.6. The molecule has 1 aliphatic heterocycles. The summed E-state index contributed by atoms with van der Waals surface area (Å²) in [6.07, 6.45) is -1.76. The van der Waals surface area contributed by atoms with Crippen LogP contribution < -0.4 is 10.0 Å². The van der Waals surface area contributed by atoms with Gasteiger partial charge in [0.05, 0.1) is 11.5 Å². The number of rotatable bonds is 7. The topological polar surface area (TPSA) is 67.4 Å². The number of halogens is 2. The number of alkyl halides is 2. The zero-order valence-electron chi connectivity index (χ0n) is 10.7. The molecule has 0 aliphatic carbocycles. The maximum absolute atomic E-state index is 12.0. The van der Waals surface area contributed by atoms with Gasteiger partial charge in [-0.15, -0.1) is 0 Å². The number of ether oxygens (including phenoxy) is 1. The number of hydrogen-bond donors (Lipinski definition) is 2. The largest absolute Gasteiger partial charge is 0.384 e. The molecule has 0 atom stereocenters. The van der Waals surface area contributed by atoms with Gasteiger partial charge in [0.1, 0.15) is 6.61 Å². The maximum Gasteiger partial charge on any atom is 0.261 e. The summed E-state index contributed by atoms with van der Waals surface area (Å²) in [5.74, 6) is 0. The van der Waals surface area contributed by atoms with Gasteiger partial charge >= 0.3 is 0 Å². The van der Waals surface area contributed by atoms with Crippen LogP contribution in [0.4, 0.5) is 14.5 Å². The number of fused-ring (bicyclic) bond motifs is 1. The summed E-state index contributed by atoms with van der Waals surface area (Å²) in [5.41, 5.74) is 1.91. The molecule has 1 aliphatic rings. The Bertz CT molecular complexity index is 564. The molecule has 0 spiro atoms. The lowest BCUT2D eigenvalue weighted by molar-refractivity contribution is 0.0199. The van der Waals surface area contributed by atoms with Gasteiger partial charge in [0.15, 0.2) is 0 Å². The van der Waals surface area contributed by atoms with Crippen molar-refractivity contribution < 1.29 is 21.9 Å². The van der Waals surface area contributed by atoms with Gasteiger partial charge in [-0.25, -0.2) is 21.9 Å². The molecule has 0 radical (unpaired) electrons. The van der Waals surface area contributed by atoms with Gasteiger partial charge in [-0.2, -0.15) is 0 Å². The molecule has 0 bridgehead atoms. The molecule has 0 fully saturated rings. The van der Waals surface area contributed by atoms with E-state index in [1.165, 1.54) is 6.07 Å². The van der Waals surface area contributed by atoms with Gasteiger partial charge in [0, 0.05) is 18.8 Å². The minimum atomic E-state index is -3.63. The number of sulfonamides is 1. The molecule has 0 saturated heterocycles. The number of benzene rings is 1. The minimum absolute atomic E-state index is 0.0373. The zero-order chi connectivity index (χ0) is 14.6. The van der Waals surface area contributed by atoms with Crippen LogP contribution in [-0.4, -0.2) is 41.1 Å². The summed E-state index contributed by atoms with van der Waals surface area (Å²) >= 11 is 0. The van der Waals surface area contributed by atoms with Gasteiger partial charge in [-0.05, 0) is 30.2 Å². The molecule has 8 heteroatoms. The van der Waals surface area contributed by atoms with Crippen molar-refractivity contribution in [1.29, 1.82) is 0 Å². The first-order chi connectivity index (χ1) is 9.49. The quantitative estimate of drug-likeness (QED) is 0.743. The minimum Gasteiger partial charge on any atom is -0.384 e. The van der Waals surface area contributed by atoms with Gasteiger partial charge < -0.3 is 10.1 Å². The fourth-order valence-electron chi connectivity index (χ4n) is 1.95. The highest BCUT2D eigenvalue weighted by atomic mass is 32.2. The summed E-state index contributed by atoms with van der Waals surface area (Å²) in [7, 11) is -3.63. The van der Waals surface area contributed by atoms with Crippen LogP contribution >= 0.6 is 0 Å². The number of nitrogens with one attached hydrogen (secondary N) is 2. The van der Waals surface area contributed by atoms with E-state index in [1.54, 1.807) is 12.1 Å². The molecule has 0 amide bonds. The van der Waals surface area contributed by atoms with Crippen molar-refractivity contribution >= 4 is 15.7 Å². The van der Waals surface area contributed by atoms with Crippen LogP contribution in [0.25, 0.3) is 0 Å². The third kappa shape index (κ3) is 3.87. The molecule has 20 heavy (non-hydrogen) atoms. The Hall–Kier alpha value is -1.25. The van der Waals surface area contributed by atoms with E-state index in [-0.39, 0.29) is 18.0 Å². The fourth-order valence-corrected chi connectivity index (χ4v) is 3.02. The first-order valence-corrected chi connectivity index (χ1v) is 7.70. The van der Waals surface area contributed by atoms with Crippen molar-refractivity contribution in [2.24, 2.45) is 0 Å². The highest BCUT2D eigenvalue weighted by Gasteiger charge is 2.17. The van der Waals surface area contributed by atoms with Crippen molar-refractivity contribution in [3.05, 3.63) is 23.8 Å². The van der Waals surface area contributed by atoms with Crippen molar-refractivity contribution in [3.8, 4) is 0 Å². The van der Waals surface area contributed by atoms with Crippen LogP contribution in [0.15, 0.2) is 23.1 Å². The Morgan fingerprint density at radius 1 is 1.40 bits per heavy atom. The van der Waals surface area contributed by atoms with E-state index in [1.807, 2.05) is 0 Å². The van der Waals surface area contributed by atoms with E-state index in [2.05, 4.69) is 14.8 Å². The number of hydrogen-bond acceptors (Lipinski definition) is 4. The normalized spacial score (nSPS) is 14.3. The second-order valence-corrected chi connectivity index (χ2v) is 6.13. The third-order valence-corrected chi connectivity index (χ3v) is 4.34. The van der Waals surface area contributed by atoms with Crippen LogP contribution in [0.3, 0.4) is 0 Å². The van der Waals surface area contributed by atoms with E-state index in [4.69, 9.17) is 0 Å². The first kappa shape index (κ1) is 15.1. The van der Waals surface area contributed by atoms with Crippen LogP contribution in [0, 0.1) is 0 Å². The molecule has 0 saturated carbocycles. The van der Waals surface area contributed by atoms with Crippen molar-refractivity contribution in [3.63, 3.8) is 0 Å². The average Bonchev–Trinajstić information content (AvgIpc) is 2.85. The molecule has 1 aromatic rings. The van der Waals surface area contributed by atoms with E-state index in [9.17, 15) is 17.2 Å². The molecule has 1 heterocycles. The van der Waals surface area contributed by atoms with Gasteiger partial charge in [0.2, 0.25) is 10.0 Å². The second-order valence-electron chi connectivity index (χ2n) is 4.36. The fraction of sp³-hybridized carbons (Fsp3) is 0.500. The van der Waals surface area contributed by atoms with Crippen LogP contribution in [0.5, 0.6) is 0 Å². The van der Waals surface area contributed by atoms with Crippen molar-refractivity contribution in [2.45, 2.75) is 17.7 Å².